The predicted octanol–water partition coefficient (Wildman–Crippen LogP) is 3.69. The van der Waals surface area contributed by atoms with E-state index in [2.05, 4.69) is 26.1 Å². The minimum absolute atomic E-state index is 0.0500. The lowest BCUT2D eigenvalue weighted by atomic mass is 9.49. The van der Waals surface area contributed by atoms with Gasteiger partial charge in [-0.05, 0) is 85.3 Å². The molecule has 1 atom stereocenters. The minimum Gasteiger partial charge on any atom is -0.497 e. The van der Waals surface area contributed by atoms with Gasteiger partial charge in [-0.3, -0.25) is 0 Å². The lowest BCUT2D eigenvalue weighted by Crippen LogP contribution is -2.51. The Morgan fingerprint density at radius 3 is 2.06 bits per heavy atom. The highest BCUT2D eigenvalue weighted by molar-refractivity contribution is 6.27. The van der Waals surface area contributed by atoms with Crippen LogP contribution in [0.2, 0.25) is 0 Å². The number of carbonyl (C=O) groups is 2. The molecule has 0 radical (unpaired) electrons. The first-order chi connectivity index (χ1) is 16.4. The SMILES string of the molecule is COc1ccc(OCC(O)CNCC23CC4CC(CC(C4)C2)C3)c(C(C)(C)C)c1.O=C(O)C(=O)O. The van der Waals surface area contributed by atoms with Gasteiger partial charge in [0.2, 0.25) is 0 Å². The van der Waals surface area contributed by atoms with E-state index in [1.165, 1.54) is 38.5 Å². The average molecular weight is 492 g/mol. The number of methoxy groups -OCH3 is 1. The third-order valence-electron chi connectivity index (χ3n) is 7.65. The maximum atomic E-state index is 10.5. The van der Waals surface area contributed by atoms with E-state index in [1.807, 2.05) is 18.2 Å². The minimum atomic E-state index is -1.82. The molecular weight excluding hydrogens is 450 g/mol. The van der Waals surface area contributed by atoms with Gasteiger partial charge in [0.05, 0.1) is 7.11 Å². The van der Waals surface area contributed by atoms with Crippen molar-refractivity contribution in [2.24, 2.45) is 23.2 Å². The average Bonchev–Trinajstić information content (AvgIpc) is 2.76. The van der Waals surface area contributed by atoms with E-state index >= 15 is 0 Å². The summed E-state index contributed by atoms with van der Waals surface area (Å²) in [6, 6.07) is 5.91. The van der Waals surface area contributed by atoms with Gasteiger partial charge in [0.1, 0.15) is 24.2 Å². The molecule has 1 unspecified atom stereocenters. The second-order valence-corrected chi connectivity index (χ2v) is 11.7. The van der Waals surface area contributed by atoms with Crippen molar-refractivity contribution in [2.75, 3.05) is 26.8 Å². The van der Waals surface area contributed by atoms with E-state index in [9.17, 15) is 5.11 Å². The molecule has 1 aromatic carbocycles. The topological polar surface area (TPSA) is 125 Å². The quantitative estimate of drug-likeness (QED) is 0.406. The summed E-state index contributed by atoms with van der Waals surface area (Å²) in [6.45, 7) is 8.46. The third kappa shape index (κ3) is 7.34. The molecule has 4 bridgehead atoms. The zero-order valence-corrected chi connectivity index (χ0v) is 21.4. The van der Waals surface area contributed by atoms with E-state index < -0.39 is 18.0 Å². The van der Waals surface area contributed by atoms with Crippen molar-refractivity contribution in [3.05, 3.63) is 23.8 Å². The van der Waals surface area contributed by atoms with Gasteiger partial charge < -0.3 is 30.1 Å². The lowest BCUT2D eigenvalue weighted by Gasteiger charge is -2.57. The van der Waals surface area contributed by atoms with E-state index in [4.69, 9.17) is 29.3 Å². The molecule has 4 fully saturated rings. The molecule has 5 rings (SSSR count). The Hall–Kier alpha value is -2.32. The molecule has 8 nitrogen and oxygen atoms in total. The number of hydrogen-bond acceptors (Lipinski definition) is 6. The Morgan fingerprint density at radius 1 is 1.06 bits per heavy atom. The number of aliphatic hydroxyl groups excluding tert-OH is 1. The predicted molar refractivity (Wildman–Crippen MR) is 132 cm³/mol. The number of benzene rings is 1. The molecular formula is C27H41NO7. The monoisotopic (exact) mass is 491 g/mol. The van der Waals surface area contributed by atoms with E-state index in [0.29, 0.717) is 18.6 Å². The fourth-order valence-electron chi connectivity index (χ4n) is 6.60. The van der Waals surface area contributed by atoms with Crippen molar-refractivity contribution in [1.82, 2.24) is 5.32 Å². The highest BCUT2D eigenvalue weighted by Crippen LogP contribution is 2.59. The molecule has 35 heavy (non-hydrogen) atoms. The normalized spacial score (nSPS) is 27.5. The molecule has 0 spiro atoms. The summed E-state index contributed by atoms with van der Waals surface area (Å²) >= 11 is 0. The van der Waals surface area contributed by atoms with Gasteiger partial charge in [0, 0.05) is 18.7 Å². The van der Waals surface area contributed by atoms with Crippen LogP contribution in [0.3, 0.4) is 0 Å². The summed E-state index contributed by atoms with van der Waals surface area (Å²) in [5.74, 6) is 0.940. The summed E-state index contributed by atoms with van der Waals surface area (Å²) in [5.41, 5.74) is 1.56. The van der Waals surface area contributed by atoms with Crippen molar-refractivity contribution in [2.45, 2.75) is 70.8 Å². The molecule has 4 aliphatic carbocycles. The Balaban J connectivity index is 0.000000509. The molecule has 4 N–H and O–H groups in total. The zero-order valence-electron chi connectivity index (χ0n) is 21.4. The number of rotatable bonds is 8. The van der Waals surface area contributed by atoms with Crippen LogP contribution < -0.4 is 14.8 Å². The van der Waals surface area contributed by atoms with Crippen LogP contribution in [-0.2, 0) is 15.0 Å². The van der Waals surface area contributed by atoms with Gasteiger partial charge in [-0.1, -0.05) is 20.8 Å². The van der Waals surface area contributed by atoms with Crippen LogP contribution in [0.15, 0.2) is 18.2 Å². The van der Waals surface area contributed by atoms with E-state index in [1.54, 1.807) is 7.11 Å². The number of aliphatic carboxylic acids is 2. The van der Waals surface area contributed by atoms with Crippen molar-refractivity contribution < 1.29 is 34.4 Å². The first kappa shape index (κ1) is 27.3. The third-order valence-corrected chi connectivity index (χ3v) is 7.65. The molecule has 0 saturated heterocycles. The highest BCUT2D eigenvalue weighted by atomic mass is 16.5. The largest absolute Gasteiger partial charge is 0.497 e. The molecule has 0 amide bonds. The Bertz CT molecular complexity index is 845. The summed E-state index contributed by atoms with van der Waals surface area (Å²) in [6.07, 6.45) is 8.14. The first-order valence-electron chi connectivity index (χ1n) is 12.6. The van der Waals surface area contributed by atoms with Crippen LogP contribution in [0.5, 0.6) is 11.5 Å². The van der Waals surface area contributed by atoms with Crippen LogP contribution in [0.1, 0.15) is 64.9 Å². The maximum Gasteiger partial charge on any atom is 0.414 e. The van der Waals surface area contributed by atoms with Crippen molar-refractivity contribution in [3.63, 3.8) is 0 Å². The standard InChI is InChI=1S/C25H39NO3.C2H2O4/c1-24(2,3)22-10-21(28-4)5-6-23(22)29-15-20(27)14-26-16-25-11-17-7-18(12-25)9-19(8-17)13-25;3-1(4)2(5)6/h5-6,10,17-20,26-27H,7-9,11-16H2,1-4H3;(H,3,4)(H,5,6). The van der Waals surface area contributed by atoms with Gasteiger partial charge in [-0.15, -0.1) is 0 Å². The number of ether oxygens (including phenoxy) is 2. The van der Waals surface area contributed by atoms with Crippen LogP contribution in [0, 0.1) is 23.2 Å². The van der Waals surface area contributed by atoms with E-state index in [-0.39, 0.29) is 5.41 Å². The van der Waals surface area contributed by atoms with Gasteiger partial charge in [-0.25, -0.2) is 9.59 Å². The fourth-order valence-corrected chi connectivity index (χ4v) is 6.60. The number of carboxylic acids is 2. The van der Waals surface area contributed by atoms with Crippen LogP contribution in [0.4, 0.5) is 0 Å². The van der Waals surface area contributed by atoms with Gasteiger partial charge in [0.15, 0.2) is 0 Å². The summed E-state index contributed by atoms with van der Waals surface area (Å²) in [5, 5.41) is 28.9. The van der Waals surface area contributed by atoms with Gasteiger partial charge in [0.25, 0.3) is 0 Å². The smallest absolute Gasteiger partial charge is 0.414 e. The van der Waals surface area contributed by atoms with Crippen LogP contribution in [0.25, 0.3) is 0 Å². The van der Waals surface area contributed by atoms with Crippen molar-refractivity contribution >= 4 is 11.9 Å². The summed E-state index contributed by atoms with van der Waals surface area (Å²) in [7, 11) is 1.68. The molecule has 0 aliphatic heterocycles. The van der Waals surface area contributed by atoms with Gasteiger partial charge in [-0.2, -0.15) is 0 Å². The first-order valence-corrected chi connectivity index (χ1v) is 12.6. The summed E-state index contributed by atoms with van der Waals surface area (Å²) in [4.78, 5) is 18.2. The lowest BCUT2D eigenvalue weighted by molar-refractivity contribution is -0.159. The Kier molecular flexibility index (Phi) is 8.70. The van der Waals surface area contributed by atoms with Crippen LogP contribution >= 0.6 is 0 Å². The molecule has 4 saturated carbocycles. The fraction of sp³-hybridized carbons (Fsp3) is 0.704. The molecule has 196 valence electrons. The second-order valence-electron chi connectivity index (χ2n) is 11.7. The van der Waals surface area contributed by atoms with Gasteiger partial charge >= 0.3 is 11.9 Å². The maximum absolute atomic E-state index is 10.5. The highest BCUT2D eigenvalue weighted by Gasteiger charge is 2.50. The number of carboxylic acid groups (broad SMARTS) is 2. The Morgan fingerprint density at radius 2 is 1.60 bits per heavy atom. The summed E-state index contributed by atoms with van der Waals surface area (Å²) < 4.78 is 11.4. The molecule has 8 heteroatoms. The molecule has 0 heterocycles. The van der Waals surface area contributed by atoms with Crippen molar-refractivity contribution in [3.8, 4) is 11.5 Å². The zero-order chi connectivity index (χ0) is 25.8. The number of nitrogens with one attached hydrogen (secondary N) is 1. The number of aliphatic hydroxyl groups is 1. The number of hydrogen-bond donors (Lipinski definition) is 4. The van der Waals surface area contributed by atoms with E-state index in [0.717, 1.165) is 41.4 Å². The molecule has 1 aromatic rings. The van der Waals surface area contributed by atoms with Crippen LogP contribution in [-0.4, -0.2) is 60.2 Å². The molecule has 0 aromatic heterocycles. The Labute approximate surface area is 208 Å². The second kappa shape index (κ2) is 11.2. The van der Waals surface area contributed by atoms with Crippen molar-refractivity contribution in [1.29, 1.82) is 0 Å². The molecule has 4 aliphatic rings.